The van der Waals surface area contributed by atoms with E-state index in [2.05, 4.69) is 4.99 Å². The van der Waals surface area contributed by atoms with Crippen molar-refractivity contribution in [3.8, 4) is 0 Å². The van der Waals surface area contributed by atoms with Gasteiger partial charge in [-0.3, -0.25) is 9.59 Å². The number of hydrogen-bond donors (Lipinski definition) is 2. The molecule has 1 aromatic carbocycles. The highest BCUT2D eigenvalue weighted by atomic mass is 16.7. The van der Waals surface area contributed by atoms with Gasteiger partial charge < -0.3 is 16.3 Å². The molecule has 4 N–H and O–H groups in total. The highest BCUT2D eigenvalue weighted by Gasteiger charge is 2.60. The number of carbonyl (C=O) groups is 3. The van der Waals surface area contributed by atoms with E-state index in [-0.39, 0.29) is 29.0 Å². The van der Waals surface area contributed by atoms with E-state index in [1.807, 2.05) is 12.2 Å². The minimum atomic E-state index is -0.859. The fraction of sp³-hybridized carbons (Fsp3) is 0.294. The Balaban J connectivity index is 1.58. The summed E-state index contributed by atoms with van der Waals surface area (Å²) in [6.07, 6.45) is 4.74. The third-order valence-corrected chi connectivity index (χ3v) is 4.98. The summed E-state index contributed by atoms with van der Waals surface area (Å²) in [5, 5.41) is 0.607. The number of imide groups is 1. The van der Waals surface area contributed by atoms with Gasteiger partial charge in [0.1, 0.15) is 0 Å². The normalized spacial score (nSPS) is 29.0. The number of nitrogens with two attached hydrogens (primary N) is 2. The van der Waals surface area contributed by atoms with Gasteiger partial charge in [0.15, 0.2) is 5.96 Å². The summed E-state index contributed by atoms with van der Waals surface area (Å²) in [7, 11) is 0. The zero-order valence-electron chi connectivity index (χ0n) is 13.2. The molecule has 25 heavy (non-hydrogen) atoms. The maximum Gasteiger partial charge on any atom is 0.366 e. The van der Waals surface area contributed by atoms with Crippen LogP contribution in [0.25, 0.3) is 0 Å². The third kappa shape index (κ3) is 2.29. The molecule has 4 unspecified atom stereocenters. The Morgan fingerprint density at radius 1 is 1.08 bits per heavy atom. The summed E-state index contributed by atoms with van der Waals surface area (Å²) < 4.78 is 0. The number of carbonyl (C=O) groups excluding carboxylic acids is 3. The average molecular weight is 340 g/mol. The largest absolute Gasteiger partial charge is 0.370 e. The van der Waals surface area contributed by atoms with Gasteiger partial charge in [-0.25, -0.2) is 9.79 Å². The number of guanidine groups is 1. The number of benzene rings is 1. The van der Waals surface area contributed by atoms with Gasteiger partial charge in [0.05, 0.1) is 23.1 Å². The first-order chi connectivity index (χ1) is 12.0. The van der Waals surface area contributed by atoms with Crippen LogP contribution in [0, 0.1) is 23.7 Å². The summed E-state index contributed by atoms with van der Waals surface area (Å²) >= 11 is 0. The van der Waals surface area contributed by atoms with Crippen LogP contribution in [0.15, 0.2) is 41.4 Å². The number of allylic oxidation sites excluding steroid dienone is 2. The number of amides is 2. The maximum atomic E-state index is 12.5. The maximum absolute atomic E-state index is 12.5. The van der Waals surface area contributed by atoms with E-state index in [1.54, 1.807) is 12.1 Å². The molecule has 1 heterocycles. The fourth-order valence-corrected chi connectivity index (χ4v) is 3.98. The van der Waals surface area contributed by atoms with Crippen molar-refractivity contribution in [1.82, 2.24) is 5.06 Å². The van der Waals surface area contributed by atoms with Crippen LogP contribution in [0.4, 0.5) is 5.69 Å². The number of hydrogen-bond acceptors (Lipinski definition) is 5. The van der Waals surface area contributed by atoms with Crippen molar-refractivity contribution >= 4 is 29.4 Å². The quantitative estimate of drug-likeness (QED) is 0.356. The lowest BCUT2D eigenvalue weighted by molar-refractivity contribution is -0.175. The lowest BCUT2D eigenvalue weighted by atomic mass is 9.85. The van der Waals surface area contributed by atoms with Crippen LogP contribution >= 0.6 is 0 Å². The number of fused-ring (bicyclic) bond motifs is 5. The molecule has 4 rings (SSSR count). The molecule has 0 aromatic heterocycles. The summed E-state index contributed by atoms with van der Waals surface area (Å²) in [6, 6.07) is 6.25. The molecule has 2 aliphatic carbocycles. The summed E-state index contributed by atoms with van der Waals surface area (Å²) in [5.74, 6) is -2.76. The van der Waals surface area contributed by atoms with Crippen molar-refractivity contribution in [2.24, 2.45) is 40.1 Å². The van der Waals surface area contributed by atoms with Crippen molar-refractivity contribution in [3.63, 3.8) is 0 Å². The SMILES string of the molecule is NC(N)=Nc1ccccc1C(=O)ON1C(=O)C2C3C=CC(C3)C2C1=O. The first-order valence-electron chi connectivity index (χ1n) is 7.94. The standard InChI is InChI=1S/C17H16N4O4/c18-17(19)20-11-4-2-1-3-10(11)16(24)25-21-14(22)12-8-5-6-9(7-8)13(12)15(21)23/h1-6,8-9,12-13H,7H2,(H4,18,19,20). The van der Waals surface area contributed by atoms with Gasteiger partial charge in [-0.2, -0.15) is 0 Å². The minimum absolute atomic E-state index is 0.0454. The molecule has 128 valence electrons. The second-order valence-corrected chi connectivity index (χ2v) is 6.40. The van der Waals surface area contributed by atoms with E-state index >= 15 is 0 Å². The first kappa shape index (κ1) is 15.4. The molecule has 3 aliphatic rings. The predicted molar refractivity (Wildman–Crippen MR) is 86.9 cm³/mol. The van der Waals surface area contributed by atoms with Gasteiger partial charge >= 0.3 is 5.97 Å². The van der Waals surface area contributed by atoms with Crippen molar-refractivity contribution in [3.05, 3.63) is 42.0 Å². The lowest BCUT2D eigenvalue weighted by Crippen LogP contribution is -2.35. The molecule has 1 aliphatic heterocycles. The lowest BCUT2D eigenvalue weighted by Gasteiger charge is -2.16. The minimum Gasteiger partial charge on any atom is -0.370 e. The Kier molecular flexibility index (Phi) is 3.34. The first-order valence-corrected chi connectivity index (χ1v) is 7.94. The van der Waals surface area contributed by atoms with Crippen molar-refractivity contribution < 1.29 is 19.2 Å². The monoisotopic (exact) mass is 340 g/mol. The number of hydroxylamine groups is 2. The van der Waals surface area contributed by atoms with Gasteiger partial charge in [-0.1, -0.05) is 24.3 Å². The Labute approximate surface area is 143 Å². The van der Waals surface area contributed by atoms with Crippen LogP contribution in [0.3, 0.4) is 0 Å². The highest BCUT2D eigenvalue weighted by molar-refractivity contribution is 6.07. The molecule has 2 fully saturated rings. The van der Waals surface area contributed by atoms with E-state index in [0.29, 0.717) is 5.06 Å². The summed E-state index contributed by atoms with van der Waals surface area (Å²) in [6.45, 7) is 0. The van der Waals surface area contributed by atoms with Crippen LogP contribution in [-0.4, -0.2) is 28.8 Å². The molecule has 1 aromatic rings. The Hall–Kier alpha value is -3.16. The Morgan fingerprint density at radius 3 is 2.28 bits per heavy atom. The average Bonchev–Trinajstić information content (AvgIpc) is 3.24. The van der Waals surface area contributed by atoms with Crippen LogP contribution in [0.1, 0.15) is 16.8 Å². The number of nitrogens with zero attached hydrogens (tertiary/aromatic N) is 2. The second-order valence-electron chi connectivity index (χ2n) is 6.40. The number of aliphatic imine (C=N–C) groups is 1. The van der Waals surface area contributed by atoms with Crippen molar-refractivity contribution in [2.45, 2.75) is 6.42 Å². The predicted octanol–water partition coefficient (Wildman–Crippen LogP) is 0.470. The third-order valence-electron chi connectivity index (χ3n) is 4.98. The van der Waals surface area contributed by atoms with Crippen molar-refractivity contribution in [1.29, 1.82) is 0 Å². The summed E-state index contributed by atoms with van der Waals surface area (Å²) in [4.78, 5) is 46.5. The fourth-order valence-electron chi connectivity index (χ4n) is 3.98. The van der Waals surface area contributed by atoms with Crippen LogP contribution < -0.4 is 11.5 Å². The molecule has 0 spiro atoms. The van der Waals surface area contributed by atoms with Crippen molar-refractivity contribution in [2.75, 3.05) is 0 Å². The molecule has 2 bridgehead atoms. The van der Waals surface area contributed by atoms with Gasteiger partial charge in [-0.05, 0) is 30.4 Å². The molecule has 1 saturated heterocycles. The van der Waals surface area contributed by atoms with Gasteiger partial charge in [0.25, 0.3) is 11.8 Å². The molecule has 1 saturated carbocycles. The van der Waals surface area contributed by atoms with E-state index in [4.69, 9.17) is 16.3 Å². The van der Waals surface area contributed by atoms with Gasteiger partial charge in [0.2, 0.25) is 0 Å². The van der Waals surface area contributed by atoms with E-state index < -0.39 is 29.6 Å². The van der Waals surface area contributed by atoms with E-state index in [0.717, 1.165) is 6.42 Å². The molecular formula is C17H16N4O4. The number of para-hydroxylation sites is 1. The highest BCUT2D eigenvalue weighted by Crippen LogP contribution is 2.52. The van der Waals surface area contributed by atoms with Crippen LogP contribution in [-0.2, 0) is 14.4 Å². The van der Waals surface area contributed by atoms with Gasteiger partial charge in [-0.15, -0.1) is 5.06 Å². The Bertz CT molecular complexity index is 813. The molecular weight excluding hydrogens is 324 g/mol. The van der Waals surface area contributed by atoms with Crippen LogP contribution in [0.2, 0.25) is 0 Å². The van der Waals surface area contributed by atoms with Gasteiger partial charge in [0, 0.05) is 0 Å². The zero-order chi connectivity index (χ0) is 17.7. The topological polar surface area (TPSA) is 128 Å². The molecule has 4 atom stereocenters. The summed E-state index contributed by atoms with van der Waals surface area (Å²) in [5.41, 5.74) is 11.0. The molecule has 8 nitrogen and oxygen atoms in total. The molecule has 0 radical (unpaired) electrons. The Morgan fingerprint density at radius 2 is 1.68 bits per heavy atom. The molecule has 2 amide bonds. The number of rotatable bonds is 3. The zero-order valence-corrected chi connectivity index (χ0v) is 13.2. The van der Waals surface area contributed by atoms with E-state index in [9.17, 15) is 14.4 Å². The van der Waals surface area contributed by atoms with Crippen LogP contribution in [0.5, 0.6) is 0 Å². The smallest absolute Gasteiger partial charge is 0.366 e. The second kappa shape index (κ2) is 5.44. The molecule has 8 heteroatoms. The van der Waals surface area contributed by atoms with E-state index in [1.165, 1.54) is 12.1 Å².